The van der Waals surface area contributed by atoms with Crippen LogP contribution in [0.2, 0.25) is 0 Å². The van der Waals surface area contributed by atoms with Gasteiger partial charge in [-0.3, -0.25) is 14.6 Å². The number of nitrogens with two attached hydrogens (primary N) is 1. The van der Waals surface area contributed by atoms with Gasteiger partial charge in [0, 0.05) is 37.2 Å². The van der Waals surface area contributed by atoms with Gasteiger partial charge in [-0.1, -0.05) is 18.0 Å². The van der Waals surface area contributed by atoms with Crippen molar-refractivity contribution in [3.8, 4) is 0 Å². The molecular formula is C18H29N9O3. The highest BCUT2D eigenvalue weighted by atomic mass is 16.5. The number of hydrogen-bond donors (Lipinski definition) is 5. The van der Waals surface area contributed by atoms with E-state index in [1.807, 2.05) is 0 Å². The van der Waals surface area contributed by atoms with Crippen LogP contribution < -0.4 is 21.9 Å². The highest BCUT2D eigenvalue weighted by Gasteiger charge is 2.09. The Morgan fingerprint density at radius 3 is 2.87 bits per heavy atom. The summed E-state index contributed by atoms with van der Waals surface area (Å²) < 4.78 is 5.19. The van der Waals surface area contributed by atoms with Crippen LogP contribution in [0.3, 0.4) is 0 Å². The number of H-pyrrole nitrogens is 2. The minimum atomic E-state index is -0.239. The lowest BCUT2D eigenvalue weighted by atomic mass is 10.2. The van der Waals surface area contributed by atoms with Gasteiger partial charge in [-0.2, -0.15) is 4.98 Å². The molecule has 0 aliphatic heterocycles. The molecule has 0 fully saturated rings. The molecule has 2 rings (SSSR count). The van der Waals surface area contributed by atoms with E-state index in [2.05, 4.69) is 35.6 Å². The van der Waals surface area contributed by atoms with Gasteiger partial charge in [0.15, 0.2) is 0 Å². The maximum absolute atomic E-state index is 12.0. The van der Waals surface area contributed by atoms with E-state index in [1.165, 1.54) is 0 Å². The van der Waals surface area contributed by atoms with E-state index in [1.54, 1.807) is 6.20 Å². The van der Waals surface area contributed by atoms with Crippen molar-refractivity contribution in [2.24, 2.45) is 5.11 Å². The topological polar surface area (TPSA) is 187 Å². The number of unbranched alkanes of at least 4 members (excludes halogenated alkanes) is 3. The second kappa shape index (κ2) is 13.2. The van der Waals surface area contributed by atoms with Gasteiger partial charge >= 0.3 is 0 Å². The highest BCUT2D eigenvalue weighted by molar-refractivity contribution is 5.79. The average molecular weight is 419 g/mol. The standard InChI is InChI=1S/C18H29N9O3/c19-18-25-16-15(17(29)26-18)13(12-23-16)11-21-6-3-1-2-4-7-22-14(28)5-9-30-10-8-24-27-20/h12,21H,1-11H2,(H,22,28)(H4,19,23,25,26,29). The zero-order chi connectivity index (χ0) is 21.6. The van der Waals surface area contributed by atoms with Gasteiger partial charge in [-0.05, 0) is 30.5 Å². The zero-order valence-electron chi connectivity index (χ0n) is 16.9. The number of hydrogen-bond acceptors (Lipinski definition) is 7. The number of ether oxygens (including phenoxy) is 1. The molecule has 0 spiro atoms. The number of nitrogens with zero attached hydrogens (tertiary/aromatic N) is 4. The van der Waals surface area contributed by atoms with Gasteiger partial charge in [0.25, 0.3) is 5.56 Å². The fourth-order valence-corrected chi connectivity index (χ4v) is 2.94. The third-order valence-electron chi connectivity index (χ3n) is 4.43. The molecule has 2 aromatic heterocycles. The fourth-order valence-electron chi connectivity index (χ4n) is 2.94. The number of anilines is 1. The van der Waals surface area contributed by atoms with Gasteiger partial charge in [0.05, 0.1) is 18.6 Å². The smallest absolute Gasteiger partial charge is 0.262 e. The molecule has 0 aromatic carbocycles. The first-order valence-corrected chi connectivity index (χ1v) is 10.0. The summed E-state index contributed by atoms with van der Waals surface area (Å²) in [5, 5.41) is 10.1. The Labute approximate surface area is 173 Å². The number of nitrogen functional groups attached to an aromatic ring is 1. The van der Waals surface area contributed by atoms with Crippen LogP contribution in [0.15, 0.2) is 16.1 Å². The average Bonchev–Trinajstić information content (AvgIpc) is 3.12. The summed E-state index contributed by atoms with van der Waals surface area (Å²) in [5.41, 5.74) is 14.8. The molecule has 0 saturated carbocycles. The molecule has 2 aromatic rings. The molecule has 12 heteroatoms. The van der Waals surface area contributed by atoms with Gasteiger partial charge in [0.2, 0.25) is 11.9 Å². The van der Waals surface area contributed by atoms with Crippen LogP contribution >= 0.6 is 0 Å². The molecule has 0 atom stereocenters. The van der Waals surface area contributed by atoms with Gasteiger partial charge in [-0.25, -0.2) is 0 Å². The molecule has 0 aliphatic carbocycles. The molecule has 30 heavy (non-hydrogen) atoms. The largest absolute Gasteiger partial charge is 0.381 e. The Kier molecular flexibility index (Phi) is 10.2. The first-order valence-electron chi connectivity index (χ1n) is 10.0. The van der Waals surface area contributed by atoms with Crippen molar-refractivity contribution >= 4 is 22.9 Å². The van der Waals surface area contributed by atoms with Crippen LogP contribution in [0.1, 0.15) is 37.7 Å². The summed E-state index contributed by atoms with van der Waals surface area (Å²) in [7, 11) is 0. The van der Waals surface area contributed by atoms with Crippen LogP contribution in [0, 0.1) is 0 Å². The molecule has 2 heterocycles. The van der Waals surface area contributed by atoms with Crippen LogP contribution in [-0.4, -0.2) is 53.7 Å². The maximum Gasteiger partial charge on any atom is 0.262 e. The molecule has 12 nitrogen and oxygen atoms in total. The van der Waals surface area contributed by atoms with E-state index >= 15 is 0 Å². The molecule has 0 saturated heterocycles. The van der Waals surface area contributed by atoms with E-state index in [0.717, 1.165) is 37.8 Å². The van der Waals surface area contributed by atoms with E-state index in [9.17, 15) is 9.59 Å². The summed E-state index contributed by atoms with van der Waals surface area (Å²) in [4.78, 5) is 35.8. The molecular weight excluding hydrogens is 390 g/mol. The normalized spacial score (nSPS) is 10.8. The number of carbonyl (C=O) groups excluding carboxylic acids is 1. The molecule has 0 unspecified atom stereocenters. The van der Waals surface area contributed by atoms with Crippen molar-refractivity contribution in [2.45, 2.75) is 38.6 Å². The van der Waals surface area contributed by atoms with Gasteiger partial charge in [-0.15, -0.1) is 0 Å². The van der Waals surface area contributed by atoms with Crippen molar-refractivity contribution in [3.63, 3.8) is 0 Å². The van der Waals surface area contributed by atoms with E-state index in [0.29, 0.717) is 43.8 Å². The number of rotatable bonds is 15. The quantitative estimate of drug-likeness (QED) is 0.125. The Morgan fingerprint density at radius 2 is 2.07 bits per heavy atom. The summed E-state index contributed by atoms with van der Waals surface area (Å²) >= 11 is 0. The highest BCUT2D eigenvalue weighted by Crippen LogP contribution is 2.12. The molecule has 0 radical (unpaired) electrons. The number of amides is 1. The summed E-state index contributed by atoms with van der Waals surface area (Å²) in [5.74, 6) is 0.0611. The number of carbonyl (C=O) groups is 1. The SMILES string of the molecule is [N-]=[N+]=NCCOCCC(=O)NCCCCCCNCc1c[nH]c2nc(N)[nH]c(=O)c12. The van der Waals surface area contributed by atoms with Crippen LogP contribution in [0.4, 0.5) is 5.95 Å². The van der Waals surface area contributed by atoms with Crippen molar-refractivity contribution < 1.29 is 9.53 Å². The van der Waals surface area contributed by atoms with Crippen molar-refractivity contribution in [3.05, 3.63) is 32.6 Å². The van der Waals surface area contributed by atoms with E-state index in [-0.39, 0.29) is 24.0 Å². The van der Waals surface area contributed by atoms with E-state index in [4.69, 9.17) is 16.0 Å². The number of aromatic amines is 2. The second-order valence-corrected chi connectivity index (χ2v) is 6.75. The summed E-state index contributed by atoms with van der Waals surface area (Å²) in [6.07, 6.45) is 6.09. The molecule has 0 aliphatic rings. The third kappa shape index (κ3) is 8.11. The zero-order valence-corrected chi connectivity index (χ0v) is 16.9. The number of azide groups is 1. The van der Waals surface area contributed by atoms with Crippen molar-refractivity contribution in [1.29, 1.82) is 0 Å². The third-order valence-corrected chi connectivity index (χ3v) is 4.43. The molecule has 1 amide bonds. The Morgan fingerprint density at radius 1 is 1.27 bits per heavy atom. The Bertz CT molecular complexity index is 902. The fraction of sp³-hybridized carbons (Fsp3) is 0.611. The minimum absolute atomic E-state index is 0.0367. The number of fused-ring (bicyclic) bond motifs is 1. The molecule has 6 N–H and O–H groups in total. The minimum Gasteiger partial charge on any atom is -0.381 e. The first-order chi connectivity index (χ1) is 14.6. The molecule has 0 bridgehead atoms. The van der Waals surface area contributed by atoms with Crippen LogP contribution in [0.25, 0.3) is 21.5 Å². The monoisotopic (exact) mass is 419 g/mol. The lowest BCUT2D eigenvalue weighted by Gasteiger charge is -2.06. The van der Waals surface area contributed by atoms with E-state index < -0.39 is 0 Å². The first kappa shape index (κ1) is 23.2. The number of nitrogens with one attached hydrogen (secondary N) is 4. The summed E-state index contributed by atoms with van der Waals surface area (Å²) in [6.45, 7) is 3.00. The Hall–Kier alpha value is -3.08. The van der Waals surface area contributed by atoms with Crippen LogP contribution in [-0.2, 0) is 16.1 Å². The predicted molar refractivity (Wildman–Crippen MR) is 114 cm³/mol. The summed E-state index contributed by atoms with van der Waals surface area (Å²) in [6, 6.07) is 0. The van der Waals surface area contributed by atoms with Crippen molar-refractivity contribution in [1.82, 2.24) is 25.6 Å². The van der Waals surface area contributed by atoms with Gasteiger partial charge in [0.1, 0.15) is 5.65 Å². The number of aromatic nitrogens is 3. The van der Waals surface area contributed by atoms with Gasteiger partial charge < -0.3 is 26.1 Å². The lowest BCUT2D eigenvalue weighted by molar-refractivity contribution is -0.122. The second-order valence-electron chi connectivity index (χ2n) is 6.75. The predicted octanol–water partition coefficient (Wildman–Crippen LogP) is 1.32. The van der Waals surface area contributed by atoms with Crippen molar-refractivity contribution in [2.75, 3.05) is 38.6 Å². The Balaban J connectivity index is 1.47. The van der Waals surface area contributed by atoms with Crippen LogP contribution in [0.5, 0.6) is 0 Å². The molecule has 164 valence electrons. The maximum atomic E-state index is 12.0. The lowest BCUT2D eigenvalue weighted by Crippen LogP contribution is -2.25.